The van der Waals surface area contributed by atoms with Crippen LogP contribution in [0.1, 0.15) is 0 Å². The molecular formula is C12H12FeN2S2. The fourth-order valence-corrected chi connectivity index (χ4v) is 88.0. The van der Waals surface area contributed by atoms with E-state index in [0.29, 0.717) is 0 Å². The van der Waals surface area contributed by atoms with Crippen LogP contribution in [-0.2, 0) is 6.51 Å². The Morgan fingerprint density at radius 2 is 0.706 bits per heavy atom. The molecule has 1 spiro atoms. The molecule has 0 aromatic heterocycles. The molecule has 0 aliphatic carbocycles. The fourth-order valence-electron chi connectivity index (χ4n) is 15.8. The number of hydrogen-bond acceptors (Lipinski definition) is 4. The molecule has 10 saturated heterocycles. The van der Waals surface area contributed by atoms with E-state index >= 15 is 0 Å². The first-order chi connectivity index (χ1) is 7.99. The van der Waals surface area contributed by atoms with Gasteiger partial charge in [0.05, 0.1) is 10.3 Å². The van der Waals surface area contributed by atoms with Gasteiger partial charge in [-0.2, -0.15) is 0 Å². The van der Waals surface area contributed by atoms with Crippen LogP contribution in [0.4, 0.5) is 0 Å². The van der Waals surface area contributed by atoms with Gasteiger partial charge in [0.2, 0.25) is 0 Å². The molecule has 10 heterocycles. The van der Waals surface area contributed by atoms with E-state index in [1.807, 2.05) is 0 Å². The topological polar surface area (TPSA) is 47.7 Å². The van der Waals surface area contributed by atoms with Gasteiger partial charge in [-0.05, 0) is 24.4 Å². The molecule has 17 heavy (non-hydrogen) atoms. The second kappa shape index (κ2) is 0.620. The van der Waals surface area contributed by atoms with E-state index in [0.717, 1.165) is 0 Å². The average molecular weight is 304 g/mol. The summed E-state index contributed by atoms with van der Waals surface area (Å²) in [4.78, 5) is 15.9. The van der Waals surface area contributed by atoms with E-state index in [1.54, 1.807) is 58.5 Å². The molecule has 2 N–H and O–H groups in total. The van der Waals surface area contributed by atoms with Gasteiger partial charge >= 0.3 is 54.7 Å². The van der Waals surface area contributed by atoms with Crippen molar-refractivity contribution >= 4 is 34.8 Å². The van der Waals surface area contributed by atoms with Crippen LogP contribution in [0.25, 0.3) is 0 Å². The Bertz CT molecular complexity index is 745. The minimum atomic E-state index is -2.28. The minimum absolute atomic E-state index is 1.58. The normalized spacial score (nSPS) is 112. The predicted molar refractivity (Wildman–Crippen MR) is 68.1 cm³/mol. The summed E-state index contributed by atoms with van der Waals surface area (Å²) in [5, 5.41) is 14.7. The first-order valence-electron chi connectivity index (χ1n) is 6.28. The Hall–Kier alpha value is 0.119. The van der Waals surface area contributed by atoms with Crippen LogP contribution in [0, 0.1) is 10.8 Å². The van der Waals surface area contributed by atoms with E-state index < -0.39 is 6.51 Å². The molecule has 10 aliphatic rings. The number of nitrogens with one attached hydrogen (secondary N) is 2. The monoisotopic (exact) mass is 304 g/mol. The van der Waals surface area contributed by atoms with Crippen molar-refractivity contribution in [3.63, 3.8) is 0 Å². The van der Waals surface area contributed by atoms with Gasteiger partial charge in [0.1, 0.15) is 0 Å². The van der Waals surface area contributed by atoms with Gasteiger partial charge in [0.25, 0.3) is 0 Å². The van der Waals surface area contributed by atoms with Crippen LogP contribution in [0.2, 0.25) is 48.2 Å². The van der Waals surface area contributed by atoms with Gasteiger partial charge in [-0.25, -0.2) is 10.8 Å². The molecule has 10 aliphatic heterocycles. The molecule has 10 fully saturated rings. The first-order valence-corrected chi connectivity index (χ1v) is 13.5. The number of isothiocyanates is 2. The second-order valence-electron chi connectivity index (χ2n) is 9.79. The molecule has 0 aromatic carbocycles. The Labute approximate surface area is 99.8 Å². The van der Waals surface area contributed by atoms with Crippen LogP contribution in [0.15, 0.2) is 0 Å². The van der Waals surface area contributed by atoms with Crippen molar-refractivity contribution in [3.05, 3.63) is 0 Å². The Morgan fingerprint density at radius 3 is 0.706 bits per heavy atom. The van der Waals surface area contributed by atoms with E-state index in [1.165, 1.54) is 0 Å². The molecule has 2 nitrogen and oxygen atoms in total. The van der Waals surface area contributed by atoms with Gasteiger partial charge in [0, 0.05) is 0 Å². The number of thiocarbonyl (C=S) groups is 2. The number of fused-ring (bicyclic) bond motifs is 10. The summed E-state index contributed by atoms with van der Waals surface area (Å²) in [5.41, 5.74) is 0. The third-order valence-corrected chi connectivity index (χ3v) is 56.5. The summed E-state index contributed by atoms with van der Waals surface area (Å²) < 4.78 is 0. The molecule has 0 bridgehead atoms. The van der Waals surface area contributed by atoms with Gasteiger partial charge in [0.15, 0.2) is 0 Å². The molecule has 0 aromatic rings. The molecule has 0 saturated carbocycles. The maximum atomic E-state index is 5.77. The quantitative estimate of drug-likeness (QED) is 0.387. The van der Waals surface area contributed by atoms with Crippen molar-refractivity contribution in [1.29, 1.82) is 10.8 Å². The SMILES string of the molecule is N=C=S.N=C=S.[CH]12[CH]3[CH]4[CH]5[CH]1[Fe]23451678[CH]2[CH]1[CH]6[CH]7[CH]28. The van der Waals surface area contributed by atoms with Crippen LogP contribution in [0.5, 0.6) is 0 Å². The van der Waals surface area contributed by atoms with Crippen molar-refractivity contribution in [2.24, 2.45) is 0 Å². The third-order valence-electron chi connectivity index (χ3n) is 14.5. The summed E-state index contributed by atoms with van der Waals surface area (Å²) in [6.45, 7) is -2.28. The zero-order valence-corrected chi connectivity index (χ0v) is 11.7. The van der Waals surface area contributed by atoms with Gasteiger partial charge in [-0.15, -0.1) is 0 Å². The van der Waals surface area contributed by atoms with Crippen LogP contribution in [-0.4, -0.2) is 10.3 Å². The van der Waals surface area contributed by atoms with E-state index in [2.05, 4.69) is 24.4 Å². The van der Waals surface area contributed by atoms with Crippen LogP contribution >= 0.6 is 24.4 Å². The molecular weight excluding hydrogens is 292 g/mol. The van der Waals surface area contributed by atoms with Crippen molar-refractivity contribution in [2.45, 2.75) is 48.2 Å². The zero-order valence-electron chi connectivity index (χ0n) is 8.94. The third kappa shape index (κ3) is 0.0802. The van der Waals surface area contributed by atoms with Crippen molar-refractivity contribution in [1.82, 2.24) is 0 Å². The van der Waals surface area contributed by atoms with Crippen LogP contribution < -0.4 is 0 Å². The summed E-state index contributed by atoms with van der Waals surface area (Å²) in [5.74, 6) is 0. The summed E-state index contributed by atoms with van der Waals surface area (Å²) >= 11 is 7.62. The standard InChI is InChI=1S/2C5H5.2CHNS.Fe/c2*1-2-4-5-3-1;2*2-1-3;/h2*1-5H;2*2H;. The molecule has 0 atom stereocenters. The number of rotatable bonds is 0. The second-order valence-corrected chi connectivity index (χ2v) is 34.1. The molecule has 0 radical (unpaired) electrons. The van der Waals surface area contributed by atoms with Gasteiger partial charge < -0.3 is 0 Å². The predicted octanol–water partition coefficient (Wildman–Crippen LogP) is 4.71. The molecule has 90 valence electrons. The maximum absolute atomic E-state index is 5.77. The van der Waals surface area contributed by atoms with E-state index in [-0.39, 0.29) is 0 Å². The van der Waals surface area contributed by atoms with Gasteiger partial charge in [-0.1, -0.05) is 0 Å². The van der Waals surface area contributed by atoms with Gasteiger partial charge in [-0.3, -0.25) is 0 Å². The fraction of sp³-hybridized carbons (Fsp3) is 0.833. The Kier molecular flexibility index (Phi) is 0.279. The molecule has 10 rings (SSSR count). The molecule has 0 amide bonds. The average Bonchev–Trinajstić information content (AvgIpc) is 3.26. The summed E-state index contributed by atoms with van der Waals surface area (Å²) in [7, 11) is 0. The van der Waals surface area contributed by atoms with E-state index in [4.69, 9.17) is 10.8 Å². The number of hydrogen-bond donors (Lipinski definition) is 2. The van der Waals surface area contributed by atoms with Crippen molar-refractivity contribution in [3.8, 4) is 0 Å². The molecule has 0 unspecified atom stereocenters. The first kappa shape index (κ1) is 7.65. The van der Waals surface area contributed by atoms with Crippen molar-refractivity contribution < 1.29 is 6.51 Å². The zero-order chi connectivity index (χ0) is 11.5. The van der Waals surface area contributed by atoms with E-state index in [9.17, 15) is 0 Å². The van der Waals surface area contributed by atoms with Crippen molar-refractivity contribution in [2.75, 3.05) is 0 Å². The summed E-state index contributed by atoms with van der Waals surface area (Å²) in [6, 6.07) is 0. The Balaban J connectivity index is 0.0000000965. The molecule has 5 heteroatoms. The van der Waals surface area contributed by atoms with Crippen LogP contribution in [0.3, 0.4) is 0 Å². The Morgan fingerprint density at radius 1 is 0.588 bits per heavy atom. The summed E-state index contributed by atoms with van der Waals surface area (Å²) in [6.07, 6.45) is 0.